The van der Waals surface area contributed by atoms with E-state index in [1.165, 1.54) is 4.68 Å². The Hall–Kier alpha value is -3.34. The fraction of sp³-hybridized carbons (Fsp3) is 0. The Kier molecular flexibility index (Phi) is 2.98. The molecule has 0 saturated carbocycles. The van der Waals surface area contributed by atoms with Crippen molar-refractivity contribution < 1.29 is 5.11 Å². The molecule has 5 heteroatoms. The minimum Gasteiger partial charge on any atom is -0.508 e. The Morgan fingerprint density at radius 3 is 2.43 bits per heavy atom. The molecular weight excluding hydrogens is 290 g/mol. The molecule has 0 aliphatic carbocycles. The largest absolute Gasteiger partial charge is 0.508 e. The van der Waals surface area contributed by atoms with Gasteiger partial charge in [0.1, 0.15) is 5.75 Å². The molecule has 0 aliphatic heterocycles. The van der Waals surface area contributed by atoms with Crippen molar-refractivity contribution in [2.24, 2.45) is 0 Å². The fourth-order valence-corrected chi connectivity index (χ4v) is 2.67. The topological polar surface area (TPSA) is 70.9 Å². The molecule has 2 N–H and O–H groups in total. The molecule has 0 aliphatic rings. The van der Waals surface area contributed by atoms with Gasteiger partial charge in [0.05, 0.1) is 11.1 Å². The van der Waals surface area contributed by atoms with Gasteiger partial charge >= 0.3 is 0 Å². The minimum absolute atomic E-state index is 0.151. The molecule has 4 rings (SSSR count). The molecule has 2 aromatic heterocycles. The monoisotopic (exact) mass is 303 g/mol. The second-order valence-corrected chi connectivity index (χ2v) is 5.22. The Labute approximate surface area is 131 Å². The summed E-state index contributed by atoms with van der Waals surface area (Å²) < 4.78 is 1.49. The Morgan fingerprint density at radius 1 is 0.957 bits per heavy atom. The quantitative estimate of drug-likeness (QED) is 0.598. The van der Waals surface area contributed by atoms with E-state index in [0.717, 1.165) is 16.8 Å². The number of nitrogens with one attached hydrogen (secondary N) is 1. The van der Waals surface area contributed by atoms with Crippen LogP contribution in [0.5, 0.6) is 5.75 Å². The molecule has 2 aromatic carbocycles. The van der Waals surface area contributed by atoms with Crippen LogP contribution in [0.3, 0.4) is 0 Å². The number of phenols is 1. The molecule has 5 nitrogen and oxygen atoms in total. The van der Waals surface area contributed by atoms with Crippen LogP contribution < -0.4 is 5.56 Å². The second kappa shape index (κ2) is 5.14. The number of hydrogen-bond acceptors (Lipinski definition) is 3. The van der Waals surface area contributed by atoms with Gasteiger partial charge in [-0.15, -0.1) is 0 Å². The number of nitrogens with zero attached hydrogens (tertiary/aromatic N) is 2. The third-order valence-corrected chi connectivity index (χ3v) is 3.78. The van der Waals surface area contributed by atoms with E-state index in [1.54, 1.807) is 36.5 Å². The first-order chi connectivity index (χ1) is 11.2. The third kappa shape index (κ3) is 2.19. The molecule has 0 bridgehead atoms. The van der Waals surface area contributed by atoms with Gasteiger partial charge in [-0.1, -0.05) is 30.3 Å². The van der Waals surface area contributed by atoms with Crippen molar-refractivity contribution in [1.82, 2.24) is 14.8 Å². The third-order valence-electron chi connectivity index (χ3n) is 3.78. The number of para-hydroxylation sites is 1. The summed E-state index contributed by atoms with van der Waals surface area (Å²) in [7, 11) is 0. The van der Waals surface area contributed by atoms with Gasteiger partial charge in [0, 0.05) is 6.20 Å². The lowest BCUT2D eigenvalue weighted by Crippen LogP contribution is -2.14. The van der Waals surface area contributed by atoms with Gasteiger partial charge in [-0.25, -0.2) is 9.67 Å². The highest BCUT2D eigenvalue weighted by Crippen LogP contribution is 2.26. The first-order valence-corrected chi connectivity index (χ1v) is 7.18. The average molecular weight is 303 g/mol. The highest BCUT2D eigenvalue weighted by molar-refractivity contribution is 5.92. The number of aromatic amines is 1. The standard InChI is InChI=1S/C18H13N3O2/c22-14-8-6-12(7-9-14)15-10-11-19-17-16(15)18(23)21(20-17)13-4-2-1-3-5-13/h1-11,22H,(H,19,20). The van der Waals surface area contributed by atoms with Crippen LogP contribution in [0.2, 0.25) is 0 Å². The van der Waals surface area contributed by atoms with Gasteiger partial charge < -0.3 is 5.11 Å². The molecule has 2 heterocycles. The molecule has 0 atom stereocenters. The molecule has 0 spiro atoms. The van der Waals surface area contributed by atoms with E-state index < -0.39 is 0 Å². The lowest BCUT2D eigenvalue weighted by atomic mass is 10.0. The van der Waals surface area contributed by atoms with Gasteiger partial charge in [-0.05, 0) is 41.5 Å². The van der Waals surface area contributed by atoms with E-state index in [0.29, 0.717) is 11.0 Å². The number of pyridine rings is 1. The predicted octanol–water partition coefficient (Wildman–Crippen LogP) is 3.09. The van der Waals surface area contributed by atoms with E-state index >= 15 is 0 Å². The number of rotatable bonds is 2. The normalized spacial score (nSPS) is 11.0. The van der Waals surface area contributed by atoms with Gasteiger partial charge in [0.15, 0.2) is 5.65 Å². The van der Waals surface area contributed by atoms with Crippen LogP contribution in [0.15, 0.2) is 71.7 Å². The van der Waals surface area contributed by atoms with Crippen molar-refractivity contribution in [2.75, 3.05) is 0 Å². The molecule has 4 aromatic rings. The molecule has 0 amide bonds. The summed E-state index contributed by atoms with van der Waals surface area (Å²) in [5.74, 6) is 0.190. The lowest BCUT2D eigenvalue weighted by molar-refractivity contribution is 0.475. The van der Waals surface area contributed by atoms with Gasteiger partial charge in [0.2, 0.25) is 0 Å². The van der Waals surface area contributed by atoms with Crippen molar-refractivity contribution in [3.63, 3.8) is 0 Å². The molecular formula is C18H13N3O2. The molecule has 112 valence electrons. The summed E-state index contributed by atoms with van der Waals surface area (Å²) in [4.78, 5) is 17.1. The number of fused-ring (bicyclic) bond motifs is 1. The fourth-order valence-electron chi connectivity index (χ4n) is 2.67. The zero-order valence-electron chi connectivity index (χ0n) is 12.1. The van der Waals surface area contributed by atoms with Crippen molar-refractivity contribution in [3.05, 3.63) is 77.2 Å². The van der Waals surface area contributed by atoms with Crippen LogP contribution in [0.1, 0.15) is 0 Å². The number of hydrogen-bond donors (Lipinski definition) is 2. The Morgan fingerprint density at radius 2 is 1.70 bits per heavy atom. The van der Waals surface area contributed by atoms with Crippen molar-refractivity contribution >= 4 is 11.0 Å². The predicted molar refractivity (Wildman–Crippen MR) is 88.8 cm³/mol. The van der Waals surface area contributed by atoms with Gasteiger partial charge in [0.25, 0.3) is 5.56 Å². The highest BCUT2D eigenvalue weighted by atomic mass is 16.3. The van der Waals surface area contributed by atoms with Gasteiger partial charge in [-0.3, -0.25) is 9.89 Å². The van der Waals surface area contributed by atoms with E-state index in [9.17, 15) is 9.90 Å². The Balaban J connectivity index is 1.99. The Bertz CT molecular complexity index is 1030. The van der Waals surface area contributed by atoms with E-state index in [4.69, 9.17) is 0 Å². The summed E-state index contributed by atoms with van der Waals surface area (Å²) >= 11 is 0. The second-order valence-electron chi connectivity index (χ2n) is 5.22. The maximum atomic E-state index is 12.8. The SMILES string of the molecule is O=c1c2c(-c3ccc(O)cc3)ccnc2[nH]n1-c1ccccc1. The summed E-state index contributed by atoms with van der Waals surface area (Å²) in [5.41, 5.74) is 2.77. The molecule has 0 unspecified atom stereocenters. The zero-order chi connectivity index (χ0) is 15.8. The van der Waals surface area contributed by atoms with Gasteiger partial charge in [-0.2, -0.15) is 0 Å². The minimum atomic E-state index is -0.151. The van der Waals surface area contributed by atoms with Crippen LogP contribution in [-0.2, 0) is 0 Å². The number of benzene rings is 2. The van der Waals surface area contributed by atoms with Crippen molar-refractivity contribution in [1.29, 1.82) is 0 Å². The average Bonchev–Trinajstić information content (AvgIpc) is 2.94. The maximum Gasteiger partial charge on any atom is 0.281 e. The zero-order valence-corrected chi connectivity index (χ0v) is 12.1. The molecule has 0 fully saturated rings. The number of aromatic nitrogens is 3. The molecule has 23 heavy (non-hydrogen) atoms. The van der Waals surface area contributed by atoms with E-state index in [1.807, 2.05) is 30.3 Å². The number of phenolic OH excluding ortho intramolecular Hbond substituents is 1. The summed E-state index contributed by atoms with van der Waals surface area (Å²) in [6.07, 6.45) is 1.66. The van der Waals surface area contributed by atoms with Crippen LogP contribution >= 0.6 is 0 Å². The summed E-state index contributed by atoms with van der Waals surface area (Å²) in [5, 5.41) is 13.0. The first kappa shape index (κ1) is 13.3. The summed E-state index contributed by atoms with van der Waals surface area (Å²) in [6, 6.07) is 17.9. The lowest BCUT2D eigenvalue weighted by Gasteiger charge is -2.02. The van der Waals surface area contributed by atoms with Crippen LogP contribution in [0, 0.1) is 0 Å². The first-order valence-electron chi connectivity index (χ1n) is 7.18. The van der Waals surface area contributed by atoms with Crippen molar-refractivity contribution in [3.8, 4) is 22.6 Å². The summed E-state index contributed by atoms with van der Waals surface area (Å²) in [6.45, 7) is 0. The van der Waals surface area contributed by atoms with Crippen LogP contribution in [0.4, 0.5) is 0 Å². The van der Waals surface area contributed by atoms with Crippen molar-refractivity contribution in [2.45, 2.75) is 0 Å². The molecule has 0 saturated heterocycles. The van der Waals surface area contributed by atoms with Crippen LogP contribution in [0.25, 0.3) is 27.8 Å². The maximum absolute atomic E-state index is 12.8. The van der Waals surface area contributed by atoms with E-state index in [2.05, 4.69) is 10.1 Å². The van der Waals surface area contributed by atoms with E-state index in [-0.39, 0.29) is 11.3 Å². The van der Waals surface area contributed by atoms with Crippen LogP contribution in [-0.4, -0.2) is 19.9 Å². The molecule has 0 radical (unpaired) electrons. The number of aromatic hydroxyl groups is 1. The highest BCUT2D eigenvalue weighted by Gasteiger charge is 2.14. The smallest absolute Gasteiger partial charge is 0.281 e. The number of H-pyrrole nitrogens is 1.